The maximum atomic E-state index is 10.3. The second kappa shape index (κ2) is 16.0. The summed E-state index contributed by atoms with van der Waals surface area (Å²) >= 11 is 0. The van der Waals surface area contributed by atoms with Crippen LogP contribution in [0.25, 0.3) is 100 Å². The Balaban J connectivity index is 0.881. The molecule has 0 spiro atoms. The molecular formula is C56H32N6. The highest BCUT2D eigenvalue weighted by Crippen LogP contribution is 2.34. The summed E-state index contributed by atoms with van der Waals surface area (Å²) in [5, 5.41) is 33.8. The van der Waals surface area contributed by atoms with Crippen LogP contribution >= 0.6 is 0 Å². The Morgan fingerprint density at radius 1 is 0.290 bits per heavy atom. The summed E-state index contributed by atoms with van der Waals surface area (Å²) in [4.78, 5) is 14.4. The van der Waals surface area contributed by atoms with Crippen molar-refractivity contribution in [1.82, 2.24) is 15.0 Å². The first-order valence-electron chi connectivity index (χ1n) is 20.1. The molecule has 0 bridgehead atoms. The van der Waals surface area contributed by atoms with Crippen LogP contribution in [0.3, 0.4) is 0 Å². The van der Waals surface area contributed by atoms with Gasteiger partial charge < -0.3 is 0 Å². The predicted molar refractivity (Wildman–Crippen MR) is 247 cm³/mol. The van der Waals surface area contributed by atoms with Crippen LogP contribution in [0.1, 0.15) is 16.7 Å². The van der Waals surface area contributed by atoms with E-state index in [2.05, 4.69) is 127 Å². The average Bonchev–Trinajstić information content (AvgIpc) is 3.36. The second-order valence-corrected chi connectivity index (χ2v) is 15.0. The minimum atomic E-state index is 0.482. The molecule has 0 atom stereocenters. The molecule has 0 amide bonds. The molecule has 9 aromatic carbocycles. The van der Waals surface area contributed by atoms with Gasteiger partial charge in [0.05, 0.1) is 34.9 Å². The Bertz CT molecular complexity index is 3370. The minimum absolute atomic E-state index is 0.482. The number of nitriles is 3. The highest BCUT2D eigenvalue weighted by Gasteiger charge is 2.14. The molecule has 0 N–H and O–H groups in total. The summed E-state index contributed by atoms with van der Waals surface area (Å²) in [5.41, 5.74) is 12.3. The molecule has 0 saturated carbocycles. The summed E-state index contributed by atoms with van der Waals surface area (Å²) in [5.74, 6) is 1.47. The monoisotopic (exact) mass is 788 g/mol. The van der Waals surface area contributed by atoms with Gasteiger partial charge in [0.1, 0.15) is 0 Å². The van der Waals surface area contributed by atoms with Gasteiger partial charge in [-0.3, -0.25) is 0 Å². The van der Waals surface area contributed by atoms with E-state index >= 15 is 0 Å². The van der Waals surface area contributed by atoms with Gasteiger partial charge in [0.25, 0.3) is 0 Å². The molecule has 10 rings (SSSR count). The van der Waals surface area contributed by atoms with Crippen LogP contribution in [0, 0.1) is 34.0 Å². The van der Waals surface area contributed by atoms with Crippen molar-refractivity contribution < 1.29 is 0 Å². The number of fused-ring (bicyclic) bond motifs is 3. The zero-order chi connectivity index (χ0) is 42.0. The fourth-order valence-corrected chi connectivity index (χ4v) is 7.92. The van der Waals surface area contributed by atoms with Gasteiger partial charge in [-0.15, -0.1) is 0 Å². The van der Waals surface area contributed by atoms with E-state index in [1.54, 1.807) is 24.3 Å². The first kappa shape index (κ1) is 37.3. The lowest BCUT2D eigenvalue weighted by Gasteiger charge is -2.11. The van der Waals surface area contributed by atoms with Crippen LogP contribution in [-0.2, 0) is 0 Å². The molecule has 0 aliphatic carbocycles. The summed E-state index contributed by atoms with van der Waals surface area (Å²) < 4.78 is 0. The van der Waals surface area contributed by atoms with Gasteiger partial charge in [0, 0.05) is 16.7 Å². The van der Waals surface area contributed by atoms with Gasteiger partial charge in [-0.1, -0.05) is 133 Å². The number of nitrogens with zero attached hydrogens (tertiary/aromatic N) is 6. The van der Waals surface area contributed by atoms with Crippen LogP contribution < -0.4 is 0 Å². The molecule has 6 heteroatoms. The van der Waals surface area contributed by atoms with E-state index in [0.717, 1.165) is 61.2 Å². The molecule has 1 heterocycles. The van der Waals surface area contributed by atoms with E-state index in [-0.39, 0.29) is 0 Å². The largest absolute Gasteiger partial charge is 0.208 e. The van der Waals surface area contributed by atoms with Crippen molar-refractivity contribution in [2.45, 2.75) is 0 Å². The molecule has 0 aliphatic heterocycles. The van der Waals surface area contributed by atoms with E-state index < -0.39 is 0 Å². The Morgan fingerprint density at radius 2 is 0.677 bits per heavy atom. The lowest BCUT2D eigenvalue weighted by molar-refractivity contribution is 1.07. The molecule has 1 aromatic heterocycles. The topological polar surface area (TPSA) is 110 Å². The van der Waals surface area contributed by atoms with Crippen LogP contribution in [-0.4, -0.2) is 15.0 Å². The number of hydrogen-bond donors (Lipinski definition) is 0. The molecule has 10 aromatic rings. The van der Waals surface area contributed by atoms with Gasteiger partial charge in [0.15, 0.2) is 17.5 Å². The number of hydrogen-bond acceptors (Lipinski definition) is 6. The van der Waals surface area contributed by atoms with E-state index in [9.17, 15) is 15.8 Å². The lowest BCUT2D eigenvalue weighted by Crippen LogP contribution is -2.00. The molecule has 62 heavy (non-hydrogen) atoms. The highest BCUT2D eigenvalue weighted by molar-refractivity contribution is 6.08. The third kappa shape index (κ3) is 7.20. The Kier molecular flexibility index (Phi) is 9.60. The van der Waals surface area contributed by atoms with Gasteiger partial charge in [-0.2, -0.15) is 15.8 Å². The summed E-state index contributed by atoms with van der Waals surface area (Å²) in [6, 6.07) is 71.5. The maximum absolute atomic E-state index is 10.3. The first-order chi connectivity index (χ1) is 30.5. The van der Waals surface area contributed by atoms with Gasteiger partial charge in [0.2, 0.25) is 0 Å². The van der Waals surface area contributed by atoms with Crippen LogP contribution in [0.2, 0.25) is 0 Å². The van der Waals surface area contributed by atoms with E-state index in [1.807, 2.05) is 60.7 Å². The van der Waals surface area contributed by atoms with Gasteiger partial charge in [-0.05, 0) is 127 Å². The lowest BCUT2D eigenvalue weighted by atomic mass is 9.93. The first-order valence-corrected chi connectivity index (χ1v) is 20.1. The molecule has 0 fully saturated rings. The Labute approximate surface area is 358 Å². The van der Waals surface area contributed by atoms with Crippen LogP contribution in [0.15, 0.2) is 194 Å². The average molecular weight is 789 g/mol. The van der Waals surface area contributed by atoms with Gasteiger partial charge in [-0.25, -0.2) is 15.0 Å². The highest BCUT2D eigenvalue weighted by atomic mass is 15.0. The Morgan fingerprint density at radius 3 is 1.19 bits per heavy atom. The van der Waals surface area contributed by atoms with E-state index in [0.29, 0.717) is 34.2 Å². The van der Waals surface area contributed by atoms with E-state index in [1.165, 1.54) is 21.5 Å². The van der Waals surface area contributed by atoms with Crippen molar-refractivity contribution in [3.05, 3.63) is 211 Å². The third-order valence-corrected chi connectivity index (χ3v) is 11.3. The maximum Gasteiger partial charge on any atom is 0.164 e. The Hall–Kier alpha value is -9.02. The summed E-state index contributed by atoms with van der Waals surface area (Å²) in [6.07, 6.45) is 0. The molecule has 0 saturated heterocycles. The fraction of sp³-hybridized carbons (Fsp3) is 0. The third-order valence-electron chi connectivity index (χ3n) is 11.3. The van der Waals surface area contributed by atoms with Crippen molar-refractivity contribution in [2.75, 3.05) is 0 Å². The van der Waals surface area contributed by atoms with Crippen LogP contribution in [0.4, 0.5) is 0 Å². The SMILES string of the molecule is N#Cc1ccc(-c2nc(-c3ccc(C#N)cc3)nc(-c3ccc(-c4ccc(-c5ccc(-c6ccc(-c7ccc8c(ccc9ccccc98)c7)cc6)c(C#N)c5)cc4)cc3)n2)cc1. The zero-order valence-corrected chi connectivity index (χ0v) is 33.2. The molecule has 6 nitrogen and oxygen atoms in total. The fourth-order valence-electron chi connectivity index (χ4n) is 7.92. The summed E-state index contributed by atoms with van der Waals surface area (Å²) in [6.45, 7) is 0. The smallest absolute Gasteiger partial charge is 0.164 e. The van der Waals surface area contributed by atoms with Crippen LogP contribution in [0.5, 0.6) is 0 Å². The number of benzene rings is 9. The standard InChI is InChI=1S/C56H32N6/c57-33-36-5-9-44(10-6-36)54-60-55(45-11-7-37(34-58)8-12-45)62-56(61-54)46-24-19-39(20-25-46)38-13-15-40(16-14-38)48-27-29-51(50(32-48)35-59)43-21-17-41(18-22-43)47-28-30-53-49(31-47)26-23-42-3-1-2-4-52(42)53/h1-32H. The molecule has 0 radical (unpaired) electrons. The number of rotatable bonds is 7. The quantitative estimate of drug-likeness (QED) is 0.149. The van der Waals surface area contributed by atoms with E-state index in [4.69, 9.17) is 15.0 Å². The normalized spacial score (nSPS) is 10.9. The van der Waals surface area contributed by atoms with Crippen molar-refractivity contribution in [1.29, 1.82) is 15.8 Å². The second-order valence-electron chi connectivity index (χ2n) is 15.0. The van der Waals surface area contributed by atoms with Crippen molar-refractivity contribution in [2.24, 2.45) is 0 Å². The van der Waals surface area contributed by atoms with Crippen molar-refractivity contribution >= 4 is 21.5 Å². The van der Waals surface area contributed by atoms with Crippen molar-refractivity contribution in [3.8, 4) is 96.9 Å². The molecule has 0 unspecified atom stereocenters. The van der Waals surface area contributed by atoms with Crippen molar-refractivity contribution in [3.63, 3.8) is 0 Å². The molecule has 0 aliphatic rings. The summed E-state index contributed by atoms with van der Waals surface area (Å²) in [7, 11) is 0. The predicted octanol–water partition coefficient (Wildman–Crippen LogP) is 13.5. The molecule has 286 valence electrons. The van der Waals surface area contributed by atoms with Gasteiger partial charge >= 0.3 is 0 Å². The molecular weight excluding hydrogens is 757 g/mol. The number of aromatic nitrogens is 3. The zero-order valence-electron chi connectivity index (χ0n) is 33.2. The minimum Gasteiger partial charge on any atom is -0.208 e.